The van der Waals surface area contributed by atoms with Crippen LogP contribution in [0.1, 0.15) is 27.7 Å². The number of nitrogens with one attached hydrogen (secondary N) is 3. The lowest BCUT2D eigenvalue weighted by molar-refractivity contribution is -0.144. The summed E-state index contributed by atoms with van der Waals surface area (Å²) >= 11 is 0. The maximum atomic E-state index is 12.2. The number of hydrogen-bond acceptors (Lipinski definition) is 7. The SMILES string of the molecule is CC(C)C(NC(=O)C(N)C(C)O)C(=O)NCC(=O)NC(C(=O)O)C(C)O. The summed E-state index contributed by atoms with van der Waals surface area (Å²) < 4.78 is 0. The van der Waals surface area contributed by atoms with E-state index in [0.29, 0.717) is 0 Å². The molecule has 0 aromatic rings. The molecule has 0 saturated carbocycles. The van der Waals surface area contributed by atoms with Crippen molar-refractivity contribution in [1.29, 1.82) is 0 Å². The number of aliphatic carboxylic acids is 1. The number of hydrogen-bond donors (Lipinski definition) is 7. The summed E-state index contributed by atoms with van der Waals surface area (Å²) in [7, 11) is 0. The molecular weight excluding hydrogens is 348 g/mol. The molecule has 0 radical (unpaired) electrons. The van der Waals surface area contributed by atoms with Gasteiger partial charge in [0.1, 0.15) is 12.1 Å². The van der Waals surface area contributed by atoms with Gasteiger partial charge in [-0.25, -0.2) is 4.79 Å². The molecule has 0 aromatic heterocycles. The average molecular weight is 376 g/mol. The summed E-state index contributed by atoms with van der Waals surface area (Å²) in [4.78, 5) is 46.7. The number of carbonyl (C=O) groups excluding carboxylic acids is 3. The zero-order chi connectivity index (χ0) is 20.6. The van der Waals surface area contributed by atoms with Crippen LogP contribution < -0.4 is 21.7 Å². The first kappa shape index (κ1) is 23.8. The molecule has 3 amide bonds. The van der Waals surface area contributed by atoms with Crippen LogP contribution in [0.15, 0.2) is 0 Å². The molecule has 5 unspecified atom stereocenters. The predicted molar refractivity (Wildman–Crippen MR) is 90.7 cm³/mol. The Balaban J connectivity index is 4.75. The molecule has 0 aliphatic rings. The number of aliphatic hydroxyl groups is 2. The molecule has 0 bridgehead atoms. The van der Waals surface area contributed by atoms with E-state index in [1.807, 2.05) is 0 Å². The predicted octanol–water partition coefficient (Wildman–Crippen LogP) is -3.10. The van der Waals surface area contributed by atoms with Crippen molar-refractivity contribution in [2.75, 3.05) is 6.54 Å². The Morgan fingerprint density at radius 1 is 0.885 bits per heavy atom. The van der Waals surface area contributed by atoms with Crippen molar-refractivity contribution in [3.8, 4) is 0 Å². The third-order valence-corrected chi connectivity index (χ3v) is 3.56. The van der Waals surface area contributed by atoms with Crippen LogP contribution in [0.3, 0.4) is 0 Å². The minimum absolute atomic E-state index is 0.340. The van der Waals surface area contributed by atoms with E-state index >= 15 is 0 Å². The number of nitrogens with two attached hydrogens (primary N) is 1. The largest absolute Gasteiger partial charge is 0.480 e. The van der Waals surface area contributed by atoms with E-state index in [1.165, 1.54) is 13.8 Å². The highest BCUT2D eigenvalue weighted by atomic mass is 16.4. The fourth-order valence-electron chi connectivity index (χ4n) is 1.89. The standard InChI is InChI=1S/C15H28N4O7/c1-6(2)11(19-13(23)10(16)7(3)20)14(24)17-5-9(22)18-12(8(4)21)15(25)26/h6-8,10-12,20-21H,5,16H2,1-4H3,(H,17,24)(H,18,22)(H,19,23)(H,25,26). The number of carboxylic acids is 1. The van der Waals surface area contributed by atoms with Crippen molar-refractivity contribution in [2.24, 2.45) is 11.7 Å². The molecule has 0 saturated heterocycles. The second-order valence-electron chi connectivity index (χ2n) is 6.34. The van der Waals surface area contributed by atoms with Gasteiger partial charge in [-0.15, -0.1) is 0 Å². The summed E-state index contributed by atoms with van der Waals surface area (Å²) in [6.45, 7) is 5.31. The molecule has 0 aromatic carbocycles. The van der Waals surface area contributed by atoms with E-state index in [9.17, 15) is 29.4 Å². The Hall–Kier alpha value is -2.24. The Bertz CT molecular complexity index is 522. The van der Waals surface area contributed by atoms with Crippen LogP contribution in [0, 0.1) is 5.92 Å². The van der Waals surface area contributed by atoms with E-state index < -0.39 is 60.6 Å². The second-order valence-corrected chi connectivity index (χ2v) is 6.34. The molecule has 11 nitrogen and oxygen atoms in total. The molecular formula is C15H28N4O7. The third-order valence-electron chi connectivity index (χ3n) is 3.56. The van der Waals surface area contributed by atoms with E-state index in [4.69, 9.17) is 10.8 Å². The summed E-state index contributed by atoms with van der Waals surface area (Å²) in [5, 5.41) is 34.3. The van der Waals surface area contributed by atoms with Gasteiger partial charge in [-0.05, 0) is 19.8 Å². The van der Waals surface area contributed by atoms with Gasteiger partial charge < -0.3 is 37.0 Å². The molecule has 8 N–H and O–H groups in total. The number of amides is 3. The van der Waals surface area contributed by atoms with E-state index in [-0.39, 0.29) is 5.92 Å². The number of aliphatic hydroxyl groups excluding tert-OH is 2. The lowest BCUT2D eigenvalue weighted by atomic mass is 10.0. The molecule has 0 aliphatic heterocycles. The molecule has 0 spiro atoms. The van der Waals surface area contributed by atoms with Crippen LogP contribution in [0.4, 0.5) is 0 Å². The number of rotatable bonds is 10. The minimum atomic E-state index is -1.51. The van der Waals surface area contributed by atoms with Crippen LogP contribution in [-0.2, 0) is 19.2 Å². The van der Waals surface area contributed by atoms with Crippen LogP contribution in [0.2, 0.25) is 0 Å². The smallest absolute Gasteiger partial charge is 0.328 e. The Labute approximate surface area is 151 Å². The lowest BCUT2D eigenvalue weighted by Gasteiger charge is -2.24. The van der Waals surface area contributed by atoms with Crippen LogP contribution in [0.25, 0.3) is 0 Å². The quantitative estimate of drug-likeness (QED) is 0.208. The van der Waals surface area contributed by atoms with Gasteiger partial charge in [0.15, 0.2) is 6.04 Å². The summed E-state index contributed by atoms with van der Waals surface area (Å²) in [5.74, 6) is -3.98. The van der Waals surface area contributed by atoms with Gasteiger partial charge in [-0.3, -0.25) is 14.4 Å². The van der Waals surface area contributed by atoms with Crippen LogP contribution in [-0.4, -0.2) is 75.9 Å². The minimum Gasteiger partial charge on any atom is -0.480 e. The van der Waals surface area contributed by atoms with Crippen molar-refractivity contribution < 1.29 is 34.5 Å². The van der Waals surface area contributed by atoms with Crippen molar-refractivity contribution in [3.05, 3.63) is 0 Å². The molecule has 0 rings (SSSR count). The highest BCUT2D eigenvalue weighted by Crippen LogP contribution is 2.03. The Kier molecular flexibility index (Phi) is 9.76. The summed E-state index contributed by atoms with van der Waals surface area (Å²) in [6, 6.07) is -3.73. The first-order valence-corrected chi connectivity index (χ1v) is 8.10. The topological polar surface area (TPSA) is 191 Å². The Morgan fingerprint density at radius 3 is 1.81 bits per heavy atom. The van der Waals surface area contributed by atoms with Gasteiger partial charge >= 0.3 is 5.97 Å². The molecule has 5 atom stereocenters. The van der Waals surface area contributed by atoms with Crippen LogP contribution in [0.5, 0.6) is 0 Å². The van der Waals surface area contributed by atoms with Gasteiger partial charge in [-0.2, -0.15) is 0 Å². The lowest BCUT2D eigenvalue weighted by Crippen LogP contribution is -2.57. The summed E-state index contributed by atoms with van der Waals surface area (Å²) in [6.07, 6.45) is -2.43. The molecule has 11 heteroatoms. The maximum Gasteiger partial charge on any atom is 0.328 e. The fraction of sp³-hybridized carbons (Fsp3) is 0.733. The molecule has 0 fully saturated rings. The van der Waals surface area contributed by atoms with Crippen molar-refractivity contribution in [1.82, 2.24) is 16.0 Å². The van der Waals surface area contributed by atoms with E-state index in [1.54, 1.807) is 13.8 Å². The maximum absolute atomic E-state index is 12.2. The molecule has 0 heterocycles. The van der Waals surface area contributed by atoms with E-state index in [2.05, 4.69) is 16.0 Å². The highest BCUT2D eigenvalue weighted by Gasteiger charge is 2.29. The van der Waals surface area contributed by atoms with Crippen molar-refractivity contribution >= 4 is 23.7 Å². The first-order valence-electron chi connectivity index (χ1n) is 8.10. The number of carbonyl (C=O) groups is 4. The van der Waals surface area contributed by atoms with Crippen molar-refractivity contribution in [2.45, 2.75) is 58.0 Å². The average Bonchev–Trinajstić information content (AvgIpc) is 2.53. The van der Waals surface area contributed by atoms with Gasteiger partial charge in [0, 0.05) is 0 Å². The van der Waals surface area contributed by atoms with E-state index in [0.717, 1.165) is 0 Å². The van der Waals surface area contributed by atoms with Gasteiger partial charge in [0.25, 0.3) is 0 Å². The third kappa shape index (κ3) is 7.76. The van der Waals surface area contributed by atoms with Gasteiger partial charge in [0.05, 0.1) is 18.8 Å². The Morgan fingerprint density at radius 2 is 1.42 bits per heavy atom. The monoisotopic (exact) mass is 376 g/mol. The molecule has 150 valence electrons. The second kappa shape index (κ2) is 10.7. The van der Waals surface area contributed by atoms with Crippen LogP contribution >= 0.6 is 0 Å². The highest BCUT2D eigenvalue weighted by molar-refractivity contribution is 5.92. The van der Waals surface area contributed by atoms with Gasteiger partial charge in [-0.1, -0.05) is 13.8 Å². The molecule has 26 heavy (non-hydrogen) atoms. The summed E-state index contributed by atoms with van der Waals surface area (Å²) in [5.41, 5.74) is 5.51. The van der Waals surface area contributed by atoms with Gasteiger partial charge in [0.2, 0.25) is 17.7 Å². The first-order chi connectivity index (χ1) is 11.9. The van der Waals surface area contributed by atoms with Crippen molar-refractivity contribution in [3.63, 3.8) is 0 Å². The zero-order valence-electron chi connectivity index (χ0n) is 15.2. The fourth-order valence-corrected chi connectivity index (χ4v) is 1.89. The number of carboxylic acid groups (broad SMARTS) is 1. The normalized spacial score (nSPS) is 16.8. The molecule has 0 aliphatic carbocycles. The zero-order valence-corrected chi connectivity index (χ0v) is 15.2.